The summed E-state index contributed by atoms with van der Waals surface area (Å²) < 4.78 is 25.5. The van der Waals surface area contributed by atoms with Crippen molar-refractivity contribution in [2.24, 2.45) is 5.92 Å². The third kappa shape index (κ3) is 7.76. The fourth-order valence-electron chi connectivity index (χ4n) is 1.14. The minimum atomic E-state index is -3.16. The van der Waals surface area contributed by atoms with Crippen LogP contribution in [0.15, 0.2) is 0 Å². The second-order valence-electron chi connectivity index (χ2n) is 4.04. The molecular formula is C10H23NO3S. The average Bonchev–Trinajstić information content (AvgIpc) is 2.16. The first-order valence-electron chi connectivity index (χ1n) is 5.56. The highest BCUT2D eigenvalue weighted by molar-refractivity contribution is 7.89. The lowest BCUT2D eigenvalue weighted by molar-refractivity contribution is 0.162. The van der Waals surface area contributed by atoms with Crippen LogP contribution in [0.2, 0.25) is 0 Å². The number of nitrogens with one attached hydrogen (secondary N) is 1. The van der Waals surface area contributed by atoms with Crippen LogP contribution < -0.4 is 4.72 Å². The second-order valence-corrected chi connectivity index (χ2v) is 5.89. The Morgan fingerprint density at radius 2 is 1.87 bits per heavy atom. The van der Waals surface area contributed by atoms with E-state index in [0.29, 0.717) is 19.4 Å². The molecular weight excluding hydrogens is 214 g/mol. The van der Waals surface area contributed by atoms with Gasteiger partial charge in [-0.25, -0.2) is 13.1 Å². The van der Waals surface area contributed by atoms with E-state index in [-0.39, 0.29) is 11.7 Å². The molecule has 0 aromatic carbocycles. The smallest absolute Gasteiger partial charge is 0.211 e. The number of rotatable bonds is 8. The number of hydrogen-bond acceptors (Lipinski definition) is 3. The summed E-state index contributed by atoms with van der Waals surface area (Å²) >= 11 is 0. The average molecular weight is 237 g/mol. The maximum Gasteiger partial charge on any atom is 0.211 e. The van der Waals surface area contributed by atoms with Gasteiger partial charge >= 0.3 is 0 Å². The largest absolute Gasteiger partial charge is 0.393 e. The van der Waals surface area contributed by atoms with Crippen LogP contribution >= 0.6 is 0 Å². The van der Waals surface area contributed by atoms with Gasteiger partial charge in [0.25, 0.3) is 0 Å². The minimum Gasteiger partial charge on any atom is -0.393 e. The van der Waals surface area contributed by atoms with E-state index in [9.17, 15) is 13.5 Å². The van der Waals surface area contributed by atoms with Gasteiger partial charge in [0.1, 0.15) is 0 Å². The zero-order valence-electron chi connectivity index (χ0n) is 9.86. The van der Waals surface area contributed by atoms with Crippen LogP contribution in [-0.2, 0) is 10.0 Å². The van der Waals surface area contributed by atoms with Gasteiger partial charge in [-0.15, -0.1) is 0 Å². The van der Waals surface area contributed by atoms with Crippen LogP contribution in [0.5, 0.6) is 0 Å². The molecule has 0 aromatic rings. The van der Waals surface area contributed by atoms with Crippen LogP contribution in [0.25, 0.3) is 0 Å². The van der Waals surface area contributed by atoms with E-state index in [2.05, 4.69) is 4.72 Å². The van der Waals surface area contributed by atoms with Crippen LogP contribution in [-0.4, -0.2) is 31.9 Å². The molecule has 0 radical (unpaired) electrons. The summed E-state index contributed by atoms with van der Waals surface area (Å²) in [4.78, 5) is 0. The summed E-state index contributed by atoms with van der Waals surface area (Å²) in [5.74, 6) is 0.352. The molecule has 2 N–H and O–H groups in total. The molecule has 0 heterocycles. The van der Waals surface area contributed by atoms with Crippen molar-refractivity contribution in [2.75, 3.05) is 12.3 Å². The quantitative estimate of drug-likeness (QED) is 0.664. The number of hydrogen-bond donors (Lipinski definition) is 2. The molecule has 0 rings (SSSR count). The molecule has 0 aliphatic carbocycles. The van der Waals surface area contributed by atoms with E-state index in [1.807, 2.05) is 20.8 Å². The summed E-state index contributed by atoms with van der Waals surface area (Å²) in [7, 11) is -3.16. The van der Waals surface area contributed by atoms with Crippen molar-refractivity contribution in [3.63, 3.8) is 0 Å². The van der Waals surface area contributed by atoms with E-state index in [4.69, 9.17) is 0 Å². The van der Waals surface area contributed by atoms with Gasteiger partial charge in [-0.1, -0.05) is 27.2 Å². The SMILES string of the molecule is CC[C@@H](C)CS(=O)(=O)NCC[C@H](O)CC. The predicted molar refractivity (Wildman–Crippen MR) is 62.2 cm³/mol. The molecule has 92 valence electrons. The first kappa shape index (κ1) is 14.9. The van der Waals surface area contributed by atoms with Gasteiger partial charge in [0.15, 0.2) is 0 Å². The molecule has 0 saturated heterocycles. The normalized spacial score (nSPS) is 16.3. The van der Waals surface area contributed by atoms with Gasteiger partial charge in [-0.3, -0.25) is 0 Å². The van der Waals surface area contributed by atoms with E-state index in [1.165, 1.54) is 0 Å². The summed E-state index contributed by atoms with van der Waals surface area (Å²) in [6.07, 6.45) is 1.60. The molecule has 5 heteroatoms. The number of sulfonamides is 1. The molecule has 0 bridgehead atoms. The third-order valence-electron chi connectivity index (χ3n) is 2.47. The standard InChI is InChI=1S/C10H23NO3S/c1-4-9(3)8-15(13,14)11-7-6-10(12)5-2/h9-12H,4-8H2,1-3H3/t9-,10-/m1/s1. The first-order valence-corrected chi connectivity index (χ1v) is 7.21. The van der Waals surface area contributed by atoms with Gasteiger partial charge in [0.2, 0.25) is 10.0 Å². The van der Waals surface area contributed by atoms with Crippen LogP contribution in [0.4, 0.5) is 0 Å². The topological polar surface area (TPSA) is 66.4 Å². The highest BCUT2D eigenvalue weighted by Crippen LogP contribution is 2.04. The Bertz CT molecular complexity index is 251. The highest BCUT2D eigenvalue weighted by Gasteiger charge is 2.14. The number of aliphatic hydroxyl groups excluding tert-OH is 1. The van der Waals surface area contributed by atoms with Crippen molar-refractivity contribution in [2.45, 2.75) is 46.1 Å². The third-order valence-corrected chi connectivity index (χ3v) is 4.12. The van der Waals surface area contributed by atoms with Crippen molar-refractivity contribution in [1.29, 1.82) is 0 Å². The molecule has 2 atom stereocenters. The molecule has 0 spiro atoms. The molecule has 0 aliphatic heterocycles. The Labute approximate surface area is 93.1 Å². The zero-order chi connectivity index (χ0) is 11.9. The molecule has 0 amide bonds. The first-order chi connectivity index (χ1) is 6.91. The Morgan fingerprint density at radius 1 is 1.27 bits per heavy atom. The summed E-state index contributed by atoms with van der Waals surface area (Å²) in [6.45, 7) is 6.09. The van der Waals surface area contributed by atoms with Gasteiger partial charge < -0.3 is 5.11 Å². The molecule has 0 fully saturated rings. The van der Waals surface area contributed by atoms with Crippen molar-refractivity contribution < 1.29 is 13.5 Å². The van der Waals surface area contributed by atoms with Crippen molar-refractivity contribution in [1.82, 2.24) is 4.72 Å². The molecule has 15 heavy (non-hydrogen) atoms. The van der Waals surface area contributed by atoms with E-state index in [1.54, 1.807) is 0 Å². The van der Waals surface area contributed by atoms with Crippen LogP contribution in [0, 0.1) is 5.92 Å². The Balaban J connectivity index is 3.85. The molecule has 0 unspecified atom stereocenters. The zero-order valence-corrected chi connectivity index (χ0v) is 10.7. The maximum absolute atomic E-state index is 11.5. The number of aliphatic hydroxyl groups is 1. The van der Waals surface area contributed by atoms with Crippen LogP contribution in [0.1, 0.15) is 40.0 Å². The van der Waals surface area contributed by atoms with Gasteiger partial charge in [-0.05, 0) is 18.8 Å². The minimum absolute atomic E-state index is 0.172. The summed E-state index contributed by atoms with van der Waals surface area (Å²) in [5, 5.41) is 9.25. The lowest BCUT2D eigenvalue weighted by Gasteiger charge is -2.12. The van der Waals surface area contributed by atoms with Crippen LogP contribution in [0.3, 0.4) is 0 Å². The predicted octanol–water partition coefficient (Wildman–Crippen LogP) is 1.11. The van der Waals surface area contributed by atoms with Crippen molar-refractivity contribution >= 4 is 10.0 Å². The lowest BCUT2D eigenvalue weighted by atomic mass is 10.2. The Hall–Kier alpha value is -0.130. The Morgan fingerprint density at radius 3 is 2.33 bits per heavy atom. The summed E-state index contributed by atoms with van der Waals surface area (Å²) in [5.41, 5.74) is 0. The van der Waals surface area contributed by atoms with Crippen molar-refractivity contribution in [3.05, 3.63) is 0 Å². The summed E-state index contributed by atoms with van der Waals surface area (Å²) in [6, 6.07) is 0. The highest BCUT2D eigenvalue weighted by atomic mass is 32.2. The molecule has 0 aromatic heterocycles. The Kier molecular flexibility index (Phi) is 7.13. The maximum atomic E-state index is 11.5. The lowest BCUT2D eigenvalue weighted by Crippen LogP contribution is -2.31. The second kappa shape index (κ2) is 7.19. The fraction of sp³-hybridized carbons (Fsp3) is 1.00. The van der Waals surface area contributed by atoms with Crippen molar-refractivity contribution in [3.8, 4) is 0 Å². The van der Waals surface area contributed by atoms with E-state index >= 15 is 0 Å². The van der Waals surface area contributed by atoms with Gasteiger partial charge in [-0.2, -0.15) is 0 Å². The molecule has 4 nitrogen and oxygen atoms in total. The van der Waals surface area contributed by atoms with Gasteiger partial charge in [0.05, 0.1) is 11.9 Å². The van der Waals surface area contributed by atoms with E-state index in [0.717, 1.165) is 6.42 Å². The molecule has 0 saturated carbocycles. The molecule has 0 aliphatic rings. The monoisotopic (exact) mass is 237 g/mol. The fourth-order valence-corrected chi connectivity index (χ4v) is 2.67. The van der Waals surface area contributed by atoms with E-state index < -0.39 is 16.1 Å². The van der Waals surface area contributed by atoms with Gasteiger partial charge in [0, 0.05) is 6.54 Å².